The first-order valence-electron chi connectivity index (χ1n) is 8.27. The number of nitrogens with one attached hydrogen (secondary N) is 1. The van der Waals surface area contributed by atoms with Crippen molar-refractivity contribution in [3.63, 3.8) is 0 Å². The van der Waals surface area contributed by atoms with E-state index in [1.54, 1.807) is 30.9 Å². The van der Waals surface area contributed by atoms with Crippen LogP contribution in [0.4, 0.5) is 0 Å². The van der Waals surface area contributed by atoms with Crippen LogP contribution >= 0.6 is 0 Å². The van der Waals surface area contributed by atoms with Crippen molar-refractivity contribution in [1.29, 1.82) is 0 Å². The number of amides is 2. The molecular formula is C18H24N2O4. The summed E-state index contributed by atoms with van der Waals surface area (Å²) in [6.45, 7) is 4.90. The van der Waals surface area contributed by atoms with E-state index in [4.69, 9.17) is 5.11 Å². The molecule has 0 bridgehead atoms. The normalized spacial score (nSPS) is 17.6. The fourth-order valence-electron chi connectivity index (χ4n) is 2.85. The number of carboxylic acid groups (broad SMARTS) is 1. The maximum absolute atomic E-state index is 12.3. The fraction of sp³-hybridized carbons (Fsp3) is 0.500. The molecule has 1 aliphatic rings. The third-order valence-corrected chi connectivity index (χ3v) is 4.34. The quantitative estimate of drug-likeness (QED) is 0.862. The molecule has 1 aliphatic heterocycles. The van der Waals surface area contributed by atoms with E-state index in [1.165, 1.54) is 0 Å². The molecular weight excluding hydrogens is 308 g/mol. The largest absolute Gasteiger partial charge is 0.478 e. The highest BCUT2D eigenvalue weighted by molar-refractivity contribution is 5.87. The van der Waals surface area contributed by atoms with Gasteiger partial charge in [0.25, 0.3) is 0 Å². The van der Waals surface area contributed by atoms with Gasteiger partial charge in [-0.05, 0) is 30.5 Å². The van der Waals surface area contributed by atoms with Gasteiger partial charge in [-0.2, -0.15) is 0 Å². The molecule has 1 heterocycles. The standard InChI is InChI=1S/C18H24N2O4/c1-12(2)17(22)19-10-16(21)20-9-3-4-15(11-20)13-5-7-14(8-6-13)18(23)24/h5-8,12,15H,3-4,9-11H2,1-2H3,(H,19,22)(H,23,24). The van der Waals surface area contributed by atoms with E-state index < -0.39 is 5.97 Å². The van der Waals surface area contributed by atoms with Gasteiger partial charge in [0.15, 0.2) is 0 Å². The highest BCUT2D eigenvalue weighted by Crippen LogP contribution is 2.27. The maximum atomic E-state index is 12.3. The summed E-state index contributed by atoms with van der Waals surface area (Å²) >= 11 is 0. The van der Waals surface area contributed by atoms with E-state index in [-0.39, 0.29) is 35.8 Å². The Morgan fingerprint density at radius 1 is 1.25 bits per heavy atom. The molecule has 0 aliphatic carbocycles. The number of nitrogens with zero attached hydrogens (tertiary/aromatic N) is 1. The molecule has 2 rings (SSSR count). The molecule has 0 aromatic heterocycles. The molecule has 0 radical (unpaired) electrons. The van der Waals surface area contributed by atoms with Crippen molar-refractivity contribution in [1.82, 2.24) is 10.2 Å². The Hall–Kier alpha value is -2.37. The average molecular weight is 332 g/mol. The number of hydrogen-bond donors (Lipinski definition) is 2. The topological polar surface area (TPSA) is 86.7 Å². The summed E-state index contributed by atoms with van der Waals surface area (Å²) < 4.78 is 0. The van der Waals surface area contributed by atoms with Crippen LogP contribution in [0.2, 0.25) is 0 Å². The number of carbonyl (C=O) groups is 3. The monoisotopic (exact) mass is 332 g/mol. The molecule has 0 spiro atoms. The number of hydrogen-bond acceptors (Lipinski definition) is 3. The number of rotatable bonds is 5. The average Bonchev–Trinajstić information content (AvgIpc) is 2.59. The third kappa shape index (κ3) is 4.57. The predicted molar refractivity (Wildman–Crippen MR) is 89.8 cm³/mol. The second-order valence-corrected chi connectivity index (χ2v) is 6.48. The number of carbonyl (C=O) groups excluding carboxylic acids is 2. The van der Waals surface area contributed by atoms with Gasteiger partial charge in [-0.15, -0.1) is 0 Å². The van der Waals surface area contributed by atoms with Gasteiger partial charge in [0, 0.05) is 24.9 Å². The molecule has 1 aromatic carbocycles. The van der Waals surface area contributed by atoms with Gasteiger partial charge in [-0.1, -0.05) is 26.0 Å². The molecule has 6 heteroatoms. The zero-order valence-corrected chi connectivity index (χ0v) is 14.1. The van der Waals surface area contributed by atoms with Crippen LogP contribution in [0.3, 0.4) is 0 Å². The van der Waals surface area contributed by atoms with Crippen LogP contribution in [0.15, 0.2) is 24.3 Å². The van der Waals surface area contributed by atoms with Gasteiger partial charge < -0.3 is 15.3 Å². The second kappa shape index (κ2) is 7.95. The van der Waals surface area contributed by atoms with Crippen molar-refractivity contribution in [2.75, 3.05) is 19.6 Å². The van der Waals surface area contributed by atoms with Crippen LogP contribution in [0.5, 0.6) is 0 Å². The summed E-state index contributed by atoms with van der Waals surface area (Å²) in [6, 6.07) is 6.84. The zero-order chi connectivity index (χ0) is 17.7. The van der Waals surface area contributed by atoms with Crippen molar-refractivity contribution in [2.24, 2.45) is 5.92 Å². The van der Waals surface area contributed by atoms with Gasteiger partial charge in [-0.3, -0.25) is 9.59 Å². The summed E-state index contributed by atoms with van der Waals surface area (Å²) in [5, 5.41) is 11.6. The minimum atomic E-state index is -0.942. The van der Waals surface area contributed by atoms with E-state index in [0.29, 0.717) is 13.1 Å². The van der Waals surface area contributed by atoms with Crippen molar-refractivity contribution in [2.45, 2.75) is 32.6 Å². The molecule has 1 fully saturated rings. The second-order valence-electron chi connectivity index (χ2n) is 6.48. The Balaban J connectivity index is 1.94. The molecule has 1 unspecified atom stereocenters. The van der Waals surface area contributed by atoms with Crippen molar-refractivity contribution >= 4 is 17.8 Å². The minimum Gasteiger partial charge on any atom is -0.478 e. The Kier molecular flexibility index (Phi) is 5.95. The summed E-state index contributed by atoms with van der Waals surface area (Å²) in [4.78, 5) is 36.5. The van der Waals surface area contributed by atoms with Gasteiger partial charge in [0.2, 0.25) is 11.8 Å². The summed E-state index contributed by atoms with van der Waals surface area (Å²) in [5.74, 6) is -1.08. The van der Waals surface area contributed by atoms with Crippen LogP contribution in [0, 0.1) is 5.92 Å². The first kappa shape index (κ1) is 18.0. The van der Waals surface area contributed by atoms with Crippen LogP contribution < -0.4 is 5.32 Å². The number of benzene rings is 1. The molecule has 0 saturated carbocycles. The SMILES string of the molecule is CC(C)C(=O)NCC(=O)N1CCCC(c2ccc(C(=O)O)cc2)C1. The van der Waals surface area contributed by atoms with Crippen LogP contribution in [0.1, 0.15) is 48.5 Å². The Labute approximate surface area is 141 Å². The molecule has 2 amide bonds. The van der Waals surface area contributed by atoms with E-state index in [1.807, 2.05) is 12.1 Å². The third-order valence-electron chi connectivity index (χ3n) is 4.34. The number of likely N-dealkylation sites (tertiary alicyclic amines) is 1. The van der Waals surface area contributed by atoms with Crippen LogP contribution in [-0.4, -0.2) is 47.4 Å². The Bertz CT molecular complexity index is 610. The zero-order valence-electron chi connectivity index (χ0n) is 14.1. The van der Waals surface area contributed by atoms with Crippen molar-refractivity contribution < 1.29 is 19.5 Å². The summed E-state index contributed by atoms with van der Waals surface area (Å²) in [6.07, 6.45) is 1.86. The van der Waals surface area contributed by atoms with E-state index in [9.17, 15) is 14.4 Å². The molecule has 1 aromatic rings. The predicted octanol–water partition coefficient (Wildman–Crippen LogP) is 1.86. The first-order valence-corrected chi connectivity index (χ1v) is 8.27. The molecule has 2 N–H and O–H groups in total. The summed E-state index contributed by atoms with van der Waals surface area (Å²) in [7, 11) is 0. The maximum Gasteiger partial charge on any atom is 0.335 e. The number of aromatic carboxylic acids is 1. The first-order chi connectivity index (χ1) is 11.4. The van der Waals surface area contributed by atoms with Gasteiger partial charge in [0.1, 0.15) is 0 Å². The lowest BCUT2D eigenvalue weighted by molar-refractivity contribution is -0.134. The van der Waals surface area contributed by atoms with E-state index in [2.05, 4.69) is 5.32 Å². The highest BCUT2D eigenvalue weighted by Gasteiger charge is 2.25. The fourth-order valence-corrected chi connectivity index (χ4v) is 2.85. The lowest BCUT2D eigenvalue weighted by Crippen LogP contribution is -2.45. The molecule has 6 nitrogen and oxygen atoms in total. The molecule has 24 heavy (non-hydrogen) atoms. The highest BCUT2D eigenvalue weighted by atomic mass is 16.4. The Morgan fingerprint density at radius 3 is 2.50 bits per heavy atom. The van der Waals surface area contributed by atoms with Gasteiger partial charge >= 0.3 is 5.97 Å². The Morgan fingerprint density at radius 2 is 1.92 bits per heavy atom. The molecule has 1 saturated heterocycles. The van der Waals surface area contributed by atoms with E-state index in [0.717, 1.165) is 18.4 Å². The lowest BCUT2D eigenvalue weighted by atomic mass is 9.90. The summed E-state index contributed by atoms with van der Waals surface area (Å²) in [5.41, 5.74) is 1.31. The number of piperidine rings is 1. The molecule has 130 valence electrons. The molecule has 1 atom stereocenters. The van der Waals surface area contributed by atoms with E-state index >= 15 is 0 Å². The smallest absolute Gasteiger partial charge is 0.335 e. The lowest BCUT2D eigenvalue weighted by Gasteiger charge is -2.33. The number of carboxylic acids is 1. The van der Waals surface area contributed by atoms with Crippen LogP contribution in [0.25, 0.3) is 0 Å². The minimum absolute atomic E-state index is 0.0294. The van der Waals surface area contributed by atoms with Crippen molar-refractivity contribution in [3.8, 4) is 0 Å². The van der Waals surface area contributed by atoms with Crippen LogP contribution in [-0.2, 0) is 9.59 Å². The van der Waals surface area contributed by atoms with Gasteiger partial charge in [0.05, 0.1) is 12.1 Å². The van der Waals surface area contributed by atoms with Gasteiger partial charge in [-0.25, -0.2) is 4.79 Å². The van der Waals surface area contributed by atoms with Crippen molar-refractivity contribution in [3.05, 3.63) is 35.4 Å².